The van der Waals surface area contributed by atoms with Crippen molar-refractivity contribution in [3.8, 4) is 0 Å². The van der Waals surface area contributed by atoms with Crippen molar-refractivity contribution in [2.75, 3.05) is 32.1 Å². The number of methoxy groups -OCH3 is 1. The Morgan fingerprint density at radius 3 is 2.09 bits per heavy atom. The van der Waals surface area contributed by atoms with E-state index in [0.29, 0.717) is 23.6 Å². The maximum Gasteiger partial charge on any atom is 0.337 e. The Bertz CT molecular complexity index is 1040. The Labute approximate surface area is 196 Å². The normalized spacial score (nSPS) is 24.0. The maximum atomic E-state index is 12.2. The van der Waals surface area contributed by atoms with Crippen LogP contribution in [0.2, 0.25) is 0 Å². The Balaban J connectivity index is 1.58. The fraction of sp³-hybridized carbons (Fsp3) is 0.345. The molecule has 0 aliphatic carbocycles. The van der Waals surface area contributed by atoms with Crippen LogP contribution in [0.1, 0.15) is 40.2 Å². The lowest BCUT2D eigenvalue weighted by molar-refractivity contribution is 0.0186. The van der Waals surface area contributed by atoms with Crippen molar-refractivity contribution in [2.45, 2.75) is 30.8 Å². The molecule has 0 unspecified atom stereocenters. The van der Waals surface area contributed by atoms with E-state index in [2.05, 4.69) is 83.6 Å². The van der Waals surface area contributed by atoms with Crippen LogP contribution in [0.5, 0.6) is 0 Å². The highest BCUT2D eigenvalue weighted by Crippen LogP contribution is 2.44. The molecule has 4 heteroatoms. The molecule has 3 aliphatic heterocycles. The molecule has 2 bridgehead atoms. The topological polar surface area (TPSA) is 32.8 Å². The molecule has 0 saturated carbocycles. The Morgan fingerprint density at radius 1 is 0.909 bits per heavy atom. The van der Waals surface area contributed by atoms with Crippen LogP contribution in [0.4, 0.5) is 5.69 Å². The van der Waals surface area contributed by atoms with Gasteiger partial charge in [-0.1, -0.05) is 66.7 Å². The Morgan fingerprint density at radius 2 is 1.52 bits per heavy atom. The first kappa shape index (κ1) is 21.7. The number of carbonyl (C=O) groups is 1. The molecule has 3 heterocycles. The van der Waals surface area contributed by atoms with Crippen molar-refractivity contribution in [3.63, 3.8) is 0 Å². The highest BCUT2D eigenvalue weighted by Gasteiger charge is 2.48. The molecule has 3 aromatic carbocycles. The summed E-state index contributed by atoms with van der Waals surface area (Å²) in [6.07, 6.45) is 2.44. The van der Waals surface area contributed by atoms with Crippen LogP contribution in [0.3, 0.4) is 0 Å². The van der Waals surface area contributed by atoms with Crippen molar-refractivity contribution in [2.24, 2.45) is 5.92 Å². The van der Waals surface area contributed by atoms with E-state index in [9.17, 15) is 4.79 Å². The Hall–Kier alpha value is -3.11. The molecule has 2 atom stereocenters. The lowest BCUT2D eigenvalue weighted by Gasteiger charge is -2.56. The van der Waals surface area contributed by atoms with E-state index >= 15 is 0 Å². The zero-order valence-corrected chi connectivity index (χ0v) is 19.4. The van der Waals surface area contributed by atoms with Gasteiger partial charge in [0.05, 0.1) is 12.7 Å². The van der Waals surface area contributed by atoms with Gasteiger partial charge in [-0.25, -0.2) is 4.79 Å². The minimum absolute atomic E-state index is 0.284. The largest absolute Gasteiger partial charge is 0.465 e. The van der Waals surface area contributed by atoms with Crippen LogP contribution in [0, 0.1) is 5.92 Å². The van der Waals surface area contributed by atoms with Crippen LogP contribution in [-0.2, 0) is 4.74 Å². The quantitative estimate of drug-likeness (QED) is 0.493. The lowest BCUT2D eigenvalue weighted by atomic mass is 9.70. The molecule has 6 rings (SSSR count). The minimum Gasteiger partial charge on any atom is -0.465 e. The zero-order chi connectivity index (χ0) is 22.8. The second-order valence-corrected chi connectivity index (χ2v) is 9.31. The highest BCUT2D eigenvalue weighted by molar-refractivity contribution is 5.90. The monoisotopic (exact) mass is 440 g/mol. The number of nitrogens with zero attached hydrogens (tertiary/aromatic N) is 2. The highest BCUT2D eigenvalue weighted by atomic mass is 16.5. The van der Waals surface area contributed by atoms with Crippen LogP contribution in [0.25, 0.3) is 0 Å². The molecule has 0 aromatic heterocycles. The SMILES string of the molecule is COC(=O)c1cccc(N(C)[C@@H]2C3CCN(CC3)[C@@H]2C(c2ccccc2)c2ccccc2)c1. The average Bonchev–Trinajstić information content (AvgIpc) is 2.90. The predicted molar refractivity (Wildman–Crippen MR) is 133 cm³/mol. The van der Waals surface area contributed by atoms with E-state index in [1.54, 1.807) is 0 Å². The summed E-state index contributed by atoms with van der Waals surface area (Å²) in [6, 6.07) is 30.5. The molecule has 3 aromatic rings. The van der Waals surface area contributed by atoms with Gasteiger partial charge in [-0.2, -0.15) is 0 Å². The molecular weight excluding hydrogens is 408 g/mol. The molecule has 0 spiro atoms. The predicted octanol–water partition coefficient (Wildman–Crippen LogP) is 5.20. The molecule has 3 saturated heterocycles. The number of piperidine rings is 3. The summed E-state index contributed by atoms with van der Waals surface area (Å²) in [5.74, 6) is 0.621. The molecule has 0 amide bonds. The van der Waals surface area contributed by atoms with Gasteiger partial charge in [0.25, 0.3) is 0 Å². The van der Waals surface area contributed by atoms with Gasteiger partial charge in [-0.15, -0.1) is 0 Å². The first-order valence-corrected chi connectivity index (χ1v) is 11.9. The summed E-state index contributed by atoms with van der Waals surface area (Å²) in [5.41, 5.74) is 4.40. The van der Waals surface area contributed by atoms with Crippen LogP contribution >= 0.6 is 0 Å². The second kappa shape index (κ2) is 9.40. The van der Waals surface area contributed by atoms with Gasteiger partial charge in [-0.3, -0.25) is 4.90 Å². The number of carbonyl (C=O) groups excluding carboxylic acids is 1. The number of esters is 1. The molecular formula is C29H32N2O2. The summed E-state index contributed by atoms with van der Waals surface area (Å²) >= 11 is 0. The summed E-state index contributed by atoms with van der Waals surface area (Å²) in [7, 11) is 3.63. The van der Waals surface area contributed by atoms with Crippen molar-refractivity contribution in [1.82, 2.24) is 4.90 Å². The van der Waals surface area contributed by atoms with Gasteiger partial charge >= 0.3 is 5.97 Å². The zero-order valence-electron chi connectivity index (χ0n) is 19.4. The maximum absolute atomic E-state index is 12.2. The van der Waals surface area contributed by atoms with Gasteiger partial charge in [0.1, 0.15) is 0 Å². The number of benzene rings is 3. The van der Waals surface area contributed by atoms with E-state index in [-0.39, 0.29) is 11.9 Å². The molecule has 0 radical (unpaired) electrons. The first-order chi connectivity index (χ1) is 16.2. The van der Waals surface area contributed by atoms with Crippen molar-refractivity contribution < 1.29 is 9.53 Å². The van der Waals surface area contributed by atoms with Crippen LogP contribution in [0.15, 0.2) is 84.9 Å². The smallest absolute Gasteiger partial charge is 0.337 e. The lowest BCUT2D eigenvalue weighted by Crippen LogP contribution is -2.65. The summed E-state index contributed by atoms with van der Waals surface area (Å²) in [5, 5.41) is 0. The van der Waals surface area contributed by atoms with E-state index in [4.69, 9.17) is 4.74 Å². The number of ether oxygens (including phenoxy) is 1. The molecule has 4 nitrogen and oxygen atoms in total. The van der Waals surface area contributed by atoms with E-state index in [0.717, 1.165) is 18.8 Å². The number of rotatable bonds is 6. The van der Waals surface area contributed by atoms with E-state index < -0.39 is 0 Å². The number of hydrogen-bond acceptors (Lipinski definition) is 4. The molecule has 3 aliphatic rings. The number of anilines is 1. The third-order valence-electron chi connectivity index (χ3n) is 7.61. The molecule has 0 N–H and O–H groups in total. The van der Waals surface area contributed by atoms with Crippen molar-refractivity contribution >= 4 is 11.7 Å². The first-order valence-electron chi connectivity index (χ1n) is 11.9. The van der Waals surface area contributed by atoms with Gasteiger partial charge < -0.3 is 9.64 Å². The second-order valence-electron chi connectivity index (χ2n) is 9.31. The minimum atomic E-state index is -0.290. The van der Waals surface area contributed by atoms with Gasteiger partial charge in [0, 0.05) is 30.7 Å². The third-order valence-corrected chi connectivity index (χ3v) is 7.61. The third kappa shape index (κ3) is 4.16. The van der Waals surface area contributed by atoms with Gasteiger partial charge in [0.15, 0.2) is 0 Å². The Kier molecular flexibility index (Phi) is 6.19. The van der Waals surface area contributed by atoms with Crippen LogP contribution in [-0.4, -0.2) is 50.2 Å². The van der Waals surface area contributed by atoms with E-state index in [1.165, 1.54) is 31.1 Å². The molecule has 33 heavy (non-hydrogen) atoms. The fourth-order valence-electron chi connectivity index (χ4n) is 6.06. The van der Waals surface area contributed by atoms with Crippen LogP contribution < -0.4 is 4.90 Å². The standard InChI is InChI=1S/C29H32N2O2/c1-30(25-15-9-14-24(20-25)29(32)33-2)27-23-16-18-31(19-17-23)28(27)26(21-10-5-3-6-11-21)22-12-7-4-8-13-22/h3-15,20,23,26-28H,16-19H2,1-2H3/t27-,28-/m1/s1. The van der Waals surface area contributed by atoms with Crippen molar-refractivity contribution in [1.29, 1.82) is 0 Å². The summed E-state index contributed by atoms with van der Waals surface area (Å²) in [4.78, 5) is 17.3. The fourth-order valence-corrected chi connectivity index (χ4v) is 6.06. The number of likely N-dealkylation sites (N-methyl/N-ethyl adjacent to an activating group) is 1. The van der Waals surface area contributed by atoms with E-state index in [1.807, 2.05) is 18.2 Å². The number of fused-ring (bicyclic) bond motifs is 3. The average molecular weight is 441 g/mol. The number of hydrogen-bond donors (Lipinski definition) is 0. The molecule has 3 fully saturated rings. The van der Waals surface area contributed by atoms with Gasteiger partial charge in [0.2, 0.25) is 0 Å². The summed E-state index contributed by atoms with van der Waals surface area (Å²) in [6.45, 7) is 2.30. The van der Waals surface area contributed by atoms with Crippen molar-refractivity contribution in [3.05, 3.63) is 102 Å². The molecule has 170 valence electrons. The van der Waals surface area contributed by atoms with Gasteiger partial charge in [-0.05, 0) is 61.2 Å². The summed E-state index contributed by atoms with van der Waals surface area (Å²) < 4.78 is 4.98.